The number of nitrogens with zero attached hydrogens (tertiary/aromatic N) is 1. The van der Waals surface area contributed by atoms with Crippen molar-refractivity contribution in [2.75, 3.05) is 0 Å². The van der Waals surface area contributed by atoms with Gasteiger partial charge < -0.3 is 5.11 Å². The van der Waals surface area contributed by atoms with E-state index < -0.39 is 5.97 Å². The number of carboxylic acid groups (broad SMARTS) is 1. The Bertz CT molecular complexity index is 478. The number of rotatable bonds is 4. The van der Waals surface area contributed by atoms with Crippen LogP contribution in [0.15, 0.2) is 43.6 Å². The molecule has 4 heteroatoms. The number of halogens is 1. The van der Waals surface area contributed by atoms with Gasteiger partial charge in [0.15, 0.2) is 0 Å². The fourth-order valence-corrected chi connectivity index (χ4v) is 1.41. The number of carbonyl (C=O) groups is 1. The van der Waals surface area contributed by atoms with Crippen molar-refractivity contribution in [1.29, 1.82) is 0 Å². The van der Waals surface area contributed by atoms with Crippen molar-refractivity contribution in [3.8, 4) is 0 Å². The molecule has 0 spiro atoms. The molecule has 0 amide bonds. The van der Waals surface area contributed by atoms with Crippen LogP contribution in [0.3, 0.4) is 0 Å². The van der Waals surface area contributed by atoms with E-state index in [1.165, 1.54) is 12.3 Å². The SMILES string of the molecule is C=C/C=C(\C=C)c1ncc(C(=O)O)cc1Cl. The van der Waals surface area contributed by atoms with Crippen LogP contribution in [0.5, 0.6) is 0 Å². The highest BCUT2D eigenvalue weighted by atomic mass is 35.5. The van der Waals surface area contributed by atoms with Crippen molar-refractivity contribution in [3.05, 3.63) is 59.9 Å². The fraction of sp³-hybridized carbons (Fsp3) is 0. The molecule has 1 aromatic heterocycles. The maximum atomic E-state index is 10.7. The maximum Gasteiger partial charge on any atom is 0.337 e. The summed E-state index contributed by atoms with van der Waals surface area (Å²) in [7, 11) is 0. The zero-order valence-corrected chi connectivity index (χ0v) is 9.24. The normalized spacial score (nSPS) is 10.9. The van der Waals surface area contributed by atoms with Crippen LogP contribution < -0.4 is 0 Å². The van der Waals surface area contributed by atoms with E-state index in [1.54, 1.807) is 18.2 Å². The van der Waals surface area contributed by atoms with Gasteiger partial charge in [0, 0.05) is 11.8 Å². The molecule has 0 saturated carbocycles. The summed E-state index contributed by atoms with van der Waals surface area (Å²) in [6.07, 6.45) is 6.11. The number of hydrogen-bond donors (Lipinski definition) is 1. The first-order valence-electron chi connectivity index (χ1n) is 4.44. The van der Waals surface area contributed by atoms with Crippen LogP contribution in [0.2, 0.25) is 5.02 Å². The second-order valence-corrected chi connectivity index (χ2v) is 3.33. The smallest absolute Gasteiger partial charge is 0.337 e. The summed E-state index contributed by atoms with van der Waals surface area (Å²) in [6, 6.07) is 1.35. The minimum Gasteiger partial charge on any atom is -0.478 e. The Balaban J connectivity index is 3.26. The standard InChI is InChI=1S/C12H10ClNO2/c1-3-5-8(4-2)11-10(13)6-9(7-14-11)12(15)16/h3-7H,1-2H2,(H,15,16)/b8-5+. The molecule has 0 saturated heterocycles. The molecule has 0 aliphatic heterocycles. The summed E-state index contributed by atoms with van der Waals surface area (Å²) >= 11 is 5.93. The van der Waals surface area contributed by atoms with Crippen LogP contribution in [0.4, 0.5) is 0 Å². The van der Waals surface area contributed by atoms with Gasteiger partial charge in [-0.3, -0.25) is 4.98 Å². The van der Waals surface area contributed by atoms with Gasteiger partial charge in [0.25, 0.3) is 0 Å². The van der Waals surface area contributed by atoms with E-state index in [1.807, 2.05) is 0 Å². The van der Waals surface area contributed by atoms with Crippen LogP contribution in [0.1, 0.15) is 16.1 Å². The molecular formula is C12H10ClNO2. The molecule has 1 rings (SSSR count). The quantitative estimate of drug-likeness (QED) is 0.816. The molecule has 0 atom stereocenters. The zero-order valence-electron chi connectivity index (χ0n) is 8.48. The molecule has 16 heavy (non-hydrogen) atoms. The highest BCUT2D eigenvalue weighted by Gasteiger charge is 2.09. The van der Waals surface area contributed by atoms with Crippen molar-refractivity contribution in [2.24, 2.45) is 0 Å². The summed E-state index contributed by atoms with van der Waals surface area (Å²) in [5.41, 5.74) is 1.23. The third-order valence-corrected chi connectivity index (χ3v) is 2.17. The lowest BCUT2D eigenvalue weighted by molar-refractivity contribution is 0.0696. The van der Waals surface area contributed by atoms with Crippen molar-refractivity contribution in [3.63, 3.8) is 0 Å². The van der Waals surface area contributed by atoms with E-state index in [9.17, 15) is 4.79 Å². The first kappa shape index (κ1) is 12.2. The molecule has 0 aliphatic carbocycles. The monoisotopic (exact) mass is 235 g/mol. The number of allylic oxidation sites excluding steroid dienone is 4. The van der Waals surface area contributed by atoms with E-state index in [0.717, 1.165) is 0 Å². The van der Waals surface area contributed by atoms with Crippen molar-refractivity contribution >= 4 is 23.1 Å². The average Bonchev–Trinajstić information content (AvgIpc) is 2.26. The van der Waals surface area contributed by atoms with E-state index in [4.69, 9.17) is 16.7 Å². The van der Waals surface area contributed by atoms with Gasteiger partial charge in [0.2, 0.25) is 0 Å². The highest BCUT2D eigenvalue weighted by Crippen LogP contribution is 2.23. The fourth-order valence-electron chi connectivity index (χ4n) is 1.14. The van der Waals surface area contributed by atoms with Gasteiger partial charge in [-0.05, 0) is 6.07 Å². The van der Waals surface area contributed by atoms with Gasteiger partial charge in [0.1, 0.15) is 0 Å². The Hall–Kier alpha value is -1.87. The van der Waals surface area contributed by atoms with Crippen LogP contribution in [-0.4, -0.2) is 16.1 Å². The average molecular weight is 236 g/mol. The molecule has 0 radical (unpaired) electrons. The van der Waals surface area contributed by atoms with Crippen LogP contribution in [-0.2, 0) is 0 Å². The molecule has 82 valence electrons. The lowest BCUT2D eigenvalue weighted by Crippen LogP contribution is -1.99. The van der Waals surface area contributed by atoms with E-state index in [0.29, 0.717) is 11.3 Å². The lowest BCUT2D eigenvalue weighted by Gasteiger charge is -2.04. The molecule has 0 aromatic carbocycles. The van der Waals surface area contributed by atoms with E-state index in [2.05, 4.69) is 18.1 Å². The summed E-state index contributed by atoms with van der Waals surface area (Å²) in [6.45, 7) is 7.18. The van der Waals surface area contributed by atoms with Gasteiger partial charge in [-0.2, -0.15) is 0 Å². The molecule has 0 aliphatic rings. The van der Waals surface area contributed by atoms with Crippen molar-refractivity contribution in [2.45, 2.75) is 0 Å². The van der Waals surface area contributed by atoms with Crippen LogP contribution in [0.25, 0.3) is 5.57 Å². The highest BCUT2D eigenvalue weighted by molar-refractivity contribution is 6.32. The molecule has 0 bridgehead atoms. The van der Waals surface area contributed by atoms with E-state index in [-0.39, 0.29) is 10.6 Å². The van der Waals surface area contributed by atoms with Gasteiger partial charge in [-0.25, -0.2) is 4.79 Å². The number of aromatic carboxylic acids is 1. The van der Waals surface area contributed by atoms with E-state index >= 15 is 0 Å². The first-order chi connectivity index (χ1) is 7.60. The second-order valence-electron chi connectivity index (χ2n) is 2.92. The Labute approximate surface area is 98.4 Å². The third-order valence-electron chi connectivity index (χ3n) is 1.88. The molecule has 3 nitrogen and oxygen atoms in total. The minimum absolute atomic E-state index is 0.0516. The van der Waals surface area contributed by atoms with Gasteiger partial charge in [0.05, 0.1) is 16.3 Å². The Morgan fingerprint density at radius 1 is 1.50 bits per heavy atom. The van der Waals surface area contributed by atoms with Crippen LogP contribution in [0, 0.1) is 0 Å². The third kappa shape index (κ3) is 2.58. The second kappa shape index (κ2) is 5.28. The number of pyridine rings is 1. The lowest BCUT2D eigenvalue weighted by atomic mass is 10.1. The summed E-state index contributed by atoms with van der Waals surface area (Å²) < 4.78 is 0. The van der Waals surface area contributed by atoms with Gasteiger partial charge in [-0.15, -0.1) is 0 Å². The van der Waals surface area contributed by atoms with Crippen molar-refractivity contribution < 1.29 is 9.90 Å². The van der Waals surface area contributed by atoms with Crippen molar-refractivity contribution in [1.82, 2.24) is 4.98 Å². The molecular weight excluding hydrogens is 226 g/mol. The zero-order chi connectivity index (χ0) is 12.1. The topological polar surface area (TPSA) is 50.2 Å². The molecule has 1 heterocycles. The Morgan fingerprint density at radius 2 is 2.19 bits per heavy atom. The first-order valence-corrected chi connectivity index (χ1v) is 4.82. The number of aromatic nitrogens is 1. The van der Waals surface area contributed by atoms with Gasteiger partial charge >= 0.3 is 5.97 Å². The summed E-state index contributed by atoms with van der Waals surface area (Å²) in [5, 5.41) is 9.02. The predicted octanol–water partition coefficient (Wildman–Crippen LogP) is 3.19. The Kier molecular flexibility index (Phi) is 4.03. The molecule has 1 N–H and O–H groups in total. The number of hydrogen-bond acceptors (Lipinski definition) is 2. The molecule has 1 aromatic rings. The maximum absolute atomic E-state index is 10.7. The largest absolute Gasteiger partial charge is 0.478 e. The Morgan fingerprint density at radius 3 is 2.62 bits per heavy atom. The predicted molar refractivity (Wildman–Crippen MR) is 64.6 cm³/mol. The minimum atomic E-state index is -1.06. The van der Waals surface area contributed by atoms with Crippen LogP contribution >= 0.6 is 11.6 Å². The van der Waals surface area contributed by atoms with Gasteiger partial charge in [-0.1, -0.05) is 43.0 Å². The summed E-state index contributed by atoms with van der Waals surface area (Å²) in [4.78, 5) is 14.7. The molecule has 0 fully saturated rings. The summed E-state index contributed by atoms with van der Waals surface area (Å²) in [5.74, 6) is -1.06. The molecule has 0 unspecified atom stereocenters. The number of carboxylic acids is 1.